The minimum atomic E-state index is -0.959. The molecule has 0 fully saturated rings. The highest BCUT2D eigenvalue weighted by Gasteiger charge is 2.20. The highest BCUT2D eigenvalue weighted by molar-refractivity contribution is 6.31. The van der Waals surface area contributed by atoms with E-state index in [1.54, 1.807) is 60.3 Å². The van der Waals surface area contributed by atoms with E-state index in [-0.39, 0.29) is 0 Å². The number of benzene rings is 2. The van der Waals surface area contributed by atoms with Crippen LogP contribution >= 0.6 is 11.6 Å². The predicted octanol–water partition coefficient (Wildman–Crippen LogP) is 4.33. The fourth-order valence-electron chi connectivity index (χ4n) is 2.64. The molecule has 0 spiro atoms. The quantitative estimate of drug-likeness (QED) is 0.650. The van der Waals surface area contributed by atoms with Crippen LogP contribution < -0.4 is 5.32 Å². The van der Waals surface area contributed by atoms with Crippen molar-refractivity contribution in [1.82, 2.24) is 9.78 Å². The predicted molar refractivity (Wildman–Crippen MR) is 108 cm³/mol. The summed E-state index contributed by atoms with van der Waals surface area (Å²) in [5, 5.41) is 7.50. The summed E-state index contributed by atoms with van der Waals surface area (Å²) in [6.07, 6.45) is 0.748. The Balaban J connectivity index is 1.64. The van der Waals surface area contributed by atoms with Crippen molar-refractivity contribution in [2.75, 3.05) is 5.32 Å². The van der Waals surface area contributed by atoms with Crippen LogP contribution in [0.1, 0.15) is 28.5 Å². The number of rotatable bonds is 5. The van der Waals surface area contributed by atoms with Crippen molar-refractivity contribution in [3.05, 3.63) is 76.6 Å². The molecule has 3 aromatic rings. The maximum Gasteiger partial charge on any atom is 0.338 e. The first kappa shape index (κ1) is 19.6. The highest BCUT2D eigenvalue weighted by atomic mass is 35.5. The molecule has 0 radical (unpaired) electrons. The molecule has 0 saturated heterocycles. The Kier molecular flexibility index (Phi) is 5.80. The van der Waals surface area contributed by atoms with E-state index < -0.39 is 18.0 Å². The Morgan fingerprint density at radius 1 is 1.11 bits per heavy atom. The number of ether oxygens (including phenoxy) is 1. The van der Waals surface area contributed by atoms with Crippen molar-refractivity contribution in [1.29, 1.82) is 0 Å². The van der Waals surface area contributed by atoms with Crippen molar-refractivity contribution < 1.29 is 14.3 Å². The smallest absolute Gasteiger partial charge is 0.338 e. The molecule has 0 saturated carbocycles. The molecule has 2 aromatic carbocycles. The lowest BCUT2D eigenvalue weighted by Gasteiger charge is -2.15. The summed E-state index contributed by atoms with van der Waals surface area (Å²) < 4.78 is 7.05. The highest BCUT2D eigenvalue weighted by Crippen LogP contribution is 2.23. The van der Waals surface area contributed by atoms with Gasteiger partial charge in [-0.1, -0.05) is 17.7 Å². The average Bonchev–Trinajstić information content (AvgIpc) is 3.11. The van der Waals surface area contributed by atoms with Gasteiger partial charge in [0.1, 0.15) is 0 Å². The first-order valence-electron chi connectivity index (χ1n) is 8.75. The summed E-state index contributed by atoms with van der Waals surface area (Å²) >= 11 is 6.06. The van der Waals surface area contributed by atoms with Crippen LogP contribution in [0.2, 0.25) is 5.02 Å². The Hall–Kier alpha value is -3.12. The number of carbonyl (C=O) groups is 2. The number of nitrogens with one attached hydrogen (secondary N) is 1. The van der Waals surface area contributed by atoms with Gasteiger partial charge in [0.2, 0.25) is 0 Å². The normalized spacial score (nSPS) is 11.7. The Labute approximate surface area is 168 Å². The Morgan fingerprint density at radius 2 is 1.82 bits per heavy atom. The number of esters is 1. The van der Waals surface area contributed by atoms with Crippen LogP contribution in [0.25, 0.3) is 5.69 Å². The SMILES string of the molecule is Cc1c(Cl)cccc1NC(=O)[C@@H](C)OC(=O)c1ccc(-n2nccc2C)cc1. The molecule has 1 N–H and O–H groups in total. The van der Waals surface area contributed by atoms with Crippen molar-refractivity contribution in [3.8, 4) is 5.69 Å². The minimum absolute atomic E-state index is 0.354. The largest absolute Gasteiger partial charge is 0.449 e. The number of nitrogens with zero attached hydrogens (tertiary/aromatic N) is 2. The van der Waals surface area contributed by atoms with E-state index >= 15 is 0 Å². The lowest BCUT2D eigenvalue weighted by Crippen LogP contribution is -2.30. The van der Waals surface area contributed by atoms with Gasteiger partial charge >= 0.3 is 5.97 Å². The van der Waals surface area contributed by atoms with E-state index in [0.29, 0.717) is 16.3 Å². The third-order valence-corrected chi connectivity index (χ3v) is 4.77. The molecule has 0 bridgehead atoms. The van der Waals surface area contributed by atoms with Gasteiger partial charge in [0.15, 0.2) is 6.10 Å². The first-order chi connectivity index (χ1) is 13.4. The van der Waals surface area contributed by atoms with Gasteiger partial charge in [-0.2, -0.15) is 5.10 Å². The number of hydrogen-bond donors (Lipinski definition) is 1. The summed E-state index contributed by atoms with van der Waals surface area (Å²) in [6, 6.07) is 13.9. The summed E-state index contributed by atoms with van der Waals surface area (Å²) in [4.78, 5) is 24.7. The lowest BCUT2D eigenvalue weighted by molar-refractivity contribution is -0.123. The van der Waals surface area contributed by atoms with Crippen LogP contribution in [-0.2, 0) is 9.53 Å². The molecule has 0 unspecified atom stereocenters. The number of hydrogen-bond acceptors (Lipinski definition) is 4. The molecular formula is C21H20ClN3O3. The van der Waals surface area contributed by atoms with E-state index in [0.717, 1.165) is 16.9 Å². The molecule has 144 valence electrons. The van der Waals surface area contributed by atoms with Crippen LogP contribution in [0, 0.1) is 13.8 Å². The number of aryl methyl sites for hydroxylation is 1. The second-order valence-electron chi connectivity index (χ2n) is 6.38. The van der Waals surface area contributed by atoms with Crippen molar-refractivity contribution in [2.45, 2.75) is 26.9 Å². The van der Waals surface area contributed by atoms with Gasteiger partial charge in [0.25, 0.3) is 5.91 Å². The minimum Gasteiger partial charge on any atom is -0.449 e. The van der Waals surface area contributed by atoms with Crippen LogP contribution in [-0.4, -0.2) is 27.8 Å². The third-order valence-electron chi connectivity index (χ3n) is 4.36. The molecule has 6 nitrogen and oxygen atoms in total. The molecule has 1 heterocycles. The molecule has 7 heteroatoms. The number of anilines is 1. The van der Waals surface area contributed by atoms with E-state index in [4.69, 9.17) is 16.3 Å². The maximum absolute atomic E-state index is 12.4. The summed E-state index contributed by atoms with van der Waals surface area (Å²) in [5.41, 5.74) is 3.50. The Bertz CT molecular complexity index is 1010. The zero-order valence-electron chi connectivity index (χ0n) is 15.8. The molecule has 1 amide bonds. The Morgan fingerprint density at radius 3 is 2.46 bits per heavy atom. The fourth-order valence-corrected chi connectivity index (χ4v) is 2.81. The summed E-state index contributed by atoms with van der Waals surface area (Å²) in [7, 11) is 0. The molecular weight excluding hydrogens is 378 g/mol. The van der Waals surface area contributed by atoms with E-state index in [2.05, 4.69) is 10.4 Å². The maximum atomic E-state index is 12.4. The van der Waals surface area contributed by atoms with Crippen LogP contribution in [0.4, 0.5) is 5.69 Å². The topological polar surface area (TPSA) is 73.2 Å². The lowest BCUT2D eigenvalue weighted by atomic mass is 10.2. The van der Waals surface area contributed by atoms with Crippen LogP contribution in [0.15, 0.2) is 54.7 Å². The molecule has 0 aliphatic rings. The summed E-state index contributed by atoms with van der Waals surface area (Å²) in [6.45, 7) is 5.27. The van der Waals surface area contributed by atoms with E-state index in [1.807, 2.05) is 13.0 Å². The zero-order valence-corrected chi connectivity index (χ0v) is 16.5. The summed E-state index contributed by atoms with van der Waals surface area (Å²) in [5.74, 6) is -1.00. The van der Waals surface area contributed by atoms with Gasteiger partial charge in [0, 0.05) is 22.6 Å². The molecule has 0 aliphatic heterocycles. The molecule has 1 atom stereocenters. The molecule has 3 rings (SSSR count). The molecule has 28 heavy (non-hydrogen) atoms. The van der Waals surface area contributed by atoms with Crippen molar-refractivity contribution in [3.63, 3.8) is 0 Å². The van der Waals surface area contributed by atoms with E-state index in [9.17, 15) is 9.59 Å². The van der Waals surface area contributed by atoms with Gasteiger partial charge in [-0.15, -0.1) is 0 Å². The van der Waals surface area contributed by atoms with Gasteiger partial charge in [0.05, 0.1) is 11.3 Å². The van der Waals surface area contributed by atoms with Crippen molar-refractivity contribution in [2.24, 2.45) is 0 Å². The third kappa shape index (κ3) is 4.23. The van der Waals surface area contributed by atoms with Gasteiger partial charge in [-0.25, -0.2) is 9.48 Å². The number of halogens is 1. The van der Waals surface area contributed by atoms with E-state index in [1.165, 1.54) is 6.92 Å². The monoisotopic (exact) mass is 397 g/mol. The second-order valence-corrected chi connectivity index (χ2v) is 6.79. The number of aromatic nitrogens is 2. The van der Waals surface area contributed by atoms with Crippen LogP contribution in [0.5, 0.6) is 0 Å². The molecule has 0 aliphatic carbocycles. The van der Waals surface area contributed by atoms with Crippen LogP contribution in [0.3, 0.4) is 0 Å². The molecule has 1 aromatic heterocycles. The first-order valence-corrected chi connectivity index (χ1v) is 9.12. The van der Waals surface area contributed by atoms with Crippen molar-refractivity contribution >= 4 is 29.2 Å². The number of amides is 1. The van der Waals surface area contributed by atoms with Gasteiger partial charge in [-0.3, -0.25) is 4.79 Å². The standard InChI is InChI=1S/C21H20ClN3O3/c1-13-11-12-23-25(13)17-9-7-16(8-10-17)21(27)28-15(3)20(26)24-19-6-4-5-18(22)14(19)2/h4-12,15H,1-3H3,(H,24,26)/t15-/m1/s1. The fraction of sp³-hybridized carbons (Fsp3) is 0.190. The van der Waals surface area contributed by atoms with Gasteiger partial charge in [-0.05, 0) is 68.8 Å². The number of carbonyl (C=O) groups excluding carboxylic acids is 2. The average molecular weight is 398 g/mol. The zero-order chi connectivity index (χ0) is 20.3. The van der Waals surface area contributed by atoms with Gasteiger partial charge < -0.3 is 10.1 Å². The second kappa shape index (κ2) is 8.27.